The maximum Gasteiger partial charge on any atom is 0.252 e. The second kappa shape index (κ2) is 7.83. The van der Waals surface area contributed by atoms with Crippen molar-refractivity contribution in [3.63, 3.8) is 0 Å². The summed E-state index contributed by atoms with van der Waals surface area (Å²) in [7, 11) is 0. The van der Waals surface area contributed by atoms with Gasteiger partial charge in [0.05, 0.1) is 5.56 Å². The highest BCUT2D eigenvalue weighted by atomic mass is 32.2. The van der Waals surface area contributed by atoms with Gasteiger partial charge < -0.3 is 9.88 Å². The summed E-state index contributed by atoms with van der Waals surface area (Å²) in [5, 5.41) is 11.5. The quantitative estimate of drug-likeness (QED) is 0.873. The molecule has 0 aliphatic heterocycles. The van der Waals surface area contributed by atoms with E-state index in [9.17, 15) is 4.79 Å². The average Bonchev–Trinajstić information content (AvgIpc) is 3.21. The van der Waals surface area contributed by atoms with E-state index in [0.717, 1.165) is 21.8 Å². The summed E-state index contributed by atoms with van der Waals surface area (Å²) >= 11 is 1.86. The lowest BCUT2D eigenvalue weighted by atomic mass is 10.1. The molecule has 1 heterocycles. The van der Waals surface area contributed by atoms with E-state index < -0.39 is 0 Å². The van der Waals surface area contributed by atoms with Gasteiger partial charge in [-0.05, 0) is 38.8 Å². The normalized spacial score (nSPS) is 14.9. The van der Waals surface area contributed by atoms with Gasteiger partial charge in [0.2, 0.25) is 0 Å². The fourth-order valence-electron chi connectivity index (χ4n) is 3.03. The van der Waals surface area contributed by atoms with Crippen molar-refractivity contribution in [2.75, 3.05) is 6.54 Å². The third-order valence-electron chi connectivity index (χ3n) is 4.42. The van der Waals surface area contributed by atoms with Gasteiger partial charge in [-0.1, -0.05) is 24.5 Å². The highest BCUT2D eigenvalue weighted by molar-refractivity contribution is 8.00. The van der Waals surface area contributed by atoms with Crippen LogP contribution in [0.2, 0.25) is 0 Å². The van der Waals surface area contributed by atoms with Gasteiger partial charge in [0, 0.05) is 23.2 Å². The molecule has 5 nitrogen and oxygen atoms in total. The average molecular weight is 344 g/mol. The molecule has 0 atom stereocenters. The van der Waals surface area contributed by atoms with Crippen LogP contribution in [0.1, 0.15) is 47.4 Å². The molecular weight excluding hydrogens is 320 g/mol. The van der Waals surface area contributed by atoms with E-state index in [4.69, 9.17) is 0 Å². The maximum absolute atomic E-state index is 12.6. The van der Waals surface area contributed by atoms with Crippen molar-refractivity contribution in [1.82, 2.24) is 20.1 Å². The van der Waals surface area contributed by atoms with Crippen molar-refractivity contribution in [3.05, 3.63) is 41.5 Å². The molecule has 0 unspecified atom stereocenters. The lowest BCUT2D eigenvalue weighted by molar-refractivity contribution is 0.0949. The summed E-state index contributed by atoms with van der Waals surface area (Å²) in [4.78, 5) is 13.7. The monoisotopic (exact) mass is 344 g/mol. The minimum Gasteiger partial charge on any atom is -0.350 e. The highest BCUT2D eigenvalue weighted by Gasteiger charge is 2.20. The Kier molecular flexibility index (Phi) is 5.56. The second-order valence-electron chi connectivity index (χ2n) is 6.35. The molecule has 6 heteroatoms. The van der Waals surface area contributed by atoms with Crippen LogP contribution in [-0.2, 0) is 6.54 Å². The summed E-state index contributed by atoms with van der Waals surface area (Å²) in [5.41, 5.74) is 1.91. The molecule has 3 rings (SSSR count). The number of nitrogens with one attached hydrogen (secondary N) is 1. The van der Waals surface area contributed by atoms with Crippen molar-refractivity contribution < 1.29 is 4.79 Å². The first-order valence-electron chi connectivity index (χ1n) is 8.53. The van der Waals surface area contributed by atoms with Crippen LogP contribution in [0.4, 0.5) is 0 Å². The Hall–Kier alpha value is -1.82. The van der Waals surface area contributed by atoms with E-state index in [0.29, 0.717) is 18.3 Å². The van der Waals surface area contributed by atoms with E-state index >= 15 is 0 Å². The molecule has 1 saturated carbocycles. The van der Waals surface area contributed by atoms with Crippen LogP contribution >= 0.6 is 11.8 Å². The molecule has 1 aromatic carbocycles. The molecule has 24 heavy (non-hydrogen) atoms. The first kappa shape index (κ1) is 17.0. The lowest BCUT2D eigenvalue weighted by Crippen LogP contribution is -2.28. The van der Waals surface area contributed by atoms with E-state index in [1.54, 1.807) is 6.33 Å². The molecule has 0 spiro atoms. The topological polar surface area (TPSA) is 59.8 Å². The van der Waals surface area contributed by atoms with Crippen molar-refractivity contribution in [1.29, 1.82) is 0 Å². The third-order valence-corrected chi connectivity index (χ3v) is 5.84. The molecule has 0 bridgehead atoms. The van der Waals surface area contributed by atoms with Gasteiger partial charge in [-0.25, -0.2) is 0 Å². The molecule has 1 fully saturated rings. The van der Waals surface area contributed by atoms with Gasteiger partial charge in [-0.15, -0.1) is 22.0 Å². The van der Waals surface area contributed by atoms with Gasteiger partial charge in [0.15, 0.2) is 0 Å². The number of thioether (sulfide) groups is 1. The number of nitrogens with zero attached hydrogens (tertiary/aromatic N) is 3. The highest BCUT2D eigenvalue weighted by Crippen LogP contribution is 2.36. The predicted molar refractivity (Wildman–Crippen MR) is 96.4 cm³/mol. The number of rotatable bonds is 6. The Morgan fingerprint density at radius 2 is 2.12 bits per heavy atom. The predicted octanol–water partition coefficient (Wildman–Crippen LogP) is 3.36. The molecule has 1 aliphatic carbocycles. The fraction of sp³-hybridized carbons (Fsp3) is 0.500. The van der Waals surface area contributed by atoms with Gasteiger partial charge in [-0.2, -0.15) is 0 Å². The zero-order valence-electron chi connectivity index (χ0n) is 14.3. The summed E-state index contributed by atoms with van der Waals surface area (Å²) in [6.45, 7) is 5.19. The smallest absolute Gasteiger partial charge is 0.252 e. The summed E-state index contributed by atoms with van der Waals surface area (Å²) in [6, 6.07) is 6.18. The zero-order valence-corrected chi connectivity index (χ0v) is 15.1. The van der Waals surface area contributed by atoms with E-state index in [2.05, 4.69) is 27.6 Å². The fourth-order valence-corrected chi connectivity index (χ4v) is 4.38. The first-order valence-corrected chi connectivity index (χ1v) is 9.41. The summed E-state index contributed by atoms with van der Waals surface area (Å²) in [6.07, 6.45) is 6.82. The number of aryl methyl sites for hydroxylation is 2. The summed E-state index contributed by atoms with van der Waals surface area (Å²) in [5.74, 6) is 0.863. The van der Waals surface area contributed by atoms with Crippen LogP contribution in [0.25, 0.3) is 0 Å². The van der Waals surface area contributed by atoms with Crippen molar-refractivity contribution in [3.8, 4) is 0 Å². The second-order valence-corrected chi connectivity index (χ2v) is 7.69. The Balaban J connectivity index is 1.64. The van der Waals surface area contributed by atoms with Crippen molar-refractivity contribution >= 4 is 17.7 Å². The van der Waals surface area contributed by atoms with Crippen molar-refractivity contribution in [2.45, 2.75) is 56.2 Å². The van der Waals surface area contributed by atoms with Gasteiger partial charge >= 0.3 is 0 Å². The molecule has 128 valence electrons. The van der Waals surface area contributed by atoms with Crippen LogP contribution in [0.3, 0.4) is 0 Å². The molecule has 0 saturated heterocycles. The standard InChI is InChI=1S/C18H24N4OS/c1-13-7-8-17(24-15-5-3-4-6-15)16(11-13)18(23)19-9-10-22-12-20-21-14(22)2/h7-8,11-12,15H,3-6,9-10H2,1-2H3,(H,19,23). The van der Waals surface area contributed by atoms with Crippen LogP contribution in [0.5, 0.6) is 0 Å². The van der Waals surface area contributed by atoms with E-state index in [1.165, 1.54) is 25.7 Å². The third kappa shape index (κ3) is 4.17. The minimum atomic E-state index is 0.00456. The number of hydrogen-bond donors (Lipinski definition) is 1. The van der Waals surface area contributed by atoms with Crippen LogP contribution in [-0.4, -0.2) is 32.5 Å². The van der Waals surface area contributed by atoms with Gasteiger partial charge in [0.25, 0.3) is 5.91 Å². The number of hydrogen-bond acceptors (Lipinski definition) is 4. The Morgan fingerprint density at radius 1 is 1.33 bits per heavy atom. The zero-order chi connectivity index (χ0) is 16.9. The molecule has 1 amide bonds. The van der Waals surface area contributed by atoms with Gasteiger partial charge in [-0.3, -0.25) is 4.79 Å². The molecular formula is C18H24N4OS. The Bertz CT molecular complexity index is 707. The van der Waals surface area contributed by atoms with Gasteiger partial charge in [0.1, 0.15) is 12.2 Å². The van der Waals surface area contributed by atoms with E-state index in [-0.39, 0.29) is 5.91 Å². The number of carbonyl (C=O) groups excluding carboxylic acids is 1. The minimum absolute atomic E-state index is 0.00456. The Labute approximate surface area is 147 Å². The number of amides is 1. The molecule has 1 N–H and O–H groups in total. The Morgan fingerprint density at radius 3 is 2.83 bits per heavy atom. The van der Waals surface area contributed by atoms with Crippen LogP contribution in [0.15, 0.2) is 29.4 Å². The lowest BCUT2D eigenvalue weighted by Gasteiger charge is -2.14. The maximum atomic E-state index is 12.6. The SMILES string of the molecule is Cc1ccc(SC2CCCC2)c(C(=O)NCCn2cnnc2C)c1. The molecule has 1 aliphatic rings. The first-order chi connectivity index (χ1) is 11.6. The van der Waals surface area contributed by atoms with E-state index in [1.807, 2.05) is 36.2 Å². The molecule has 0 radical (unpaired) electrons. The van der Waals surface area contributed by atoms with Crippen molar-refractivity contribution in [2.24, 2.45) is 0 Å². The molecule has 1 aromatic heterocycles. The number of benzene rings is 1. The number of carbonyl (C=O) groups is 1. The van der Waals surface area contributed by atoms with Crippen LogP contribution < -0.4 is 5.32 Å². The summed E-state index contributed by atoms with van der Waals surface area (Å²) < 4.78 is 1.94. The number of aromatic nitrogens is 3. The largest absolute Gasteiger partial charge is 0.350 e. The van der Waals surface area contributed by atoms with Crippen LogP contribution in [0, 0.1) is 13.8 Å². The molecule has 2 aromatic rings.